The lowest BCUT2D eigenvalue weighted by molar-refractivity contribution is 0.401. The van der Waals surface area contributed by atoms with Crippen molar-refractivity contribution < 1.29 is 4.74 Å². The molecule has 5 nitrogen and oxygen atoms in total. The zero-order valence-corrected chi connectivity index (χ0v) is 20.2. The Labute approximate surface area is 187 Å². The molecule has 2 saturated heterocycles. The van der Waals surface area contributed by atoms with Crippen LogP contribution >= 0.6 is 24.0 Å². The molecule has 2 atom stereocenters. The number of methoxy groups -OCH3 is 1. The van der Waals surface area contributed by atoms with Crippen LogP contribution in [0.3, 0.4) is 0 Å². The summed E-state index contributed by atoms with van der Waals surface area (Å²) in [7, 11) is 3.64. The van der Waals surface area contributed by atoms with Crippen LogP contribution in [0.15, 0.2) is 29.3 Å². The van der Waals surface area contributed by atoms with Crippen molar-refractivity contribution in [1.29, 1.82) is 0 Å². The molecular formula is C22H37IN4O. The molecule has 0 aromatic heterocycles. The number of nitrogens with zero attached hydrogens (tertiary/aromatic N) is 3. The summed E-state index contributed by atoms with van der Waals surface area (Å²) >= 11 is 0. The van der Waals surface area contributed by atoms with E-state index in [-0.39, 0.29) is 24.0 Å². The van der Waals surface area contributed by atoms with Crippen molar-refractivity contribution in [3.8, 4) is 5.75 Å². The molecule has 28 heavy (non-hydrogen) atoms. The minimum atomic E-state index is 0. The molecule has 2 heterocycles. The fourth-order valence-corrected chi connectivity index (χ4v) is 4.49. The summed E-state index contributed by atoms with van der Waals surface area (Å²) < 4.78 is 5.36. The van der Waals surface area contributed by atoms with Crippen molar-refractivity contribution in [2.45, 2.75) is 33.1 Å². The summed E-state index contributed by atoms with van der Waals surface area (Å²) in [5.41, 5.74) is 1.26. The lowest BCUT2D eigenvalue weighted by Gasteiger charge is -2.24. The second kappa shape index (κ2) is 11.1. The quantitative estimate of drug-likeness (QED) is 0.363. The van der Waals surface area contributed by atoms with Crippen LogP contribution < -0.4 is 15.0 Å². The highest BCUT2D eigenvalue weighted by Crippen LogP contribution is 2.27. The van der Waals surface area contributed by atoms with Crippen molar-refractivity contribution in [2.75, 3.05) is 51.8 Å². The molecule has 0 radical (unpaired) electrons. The average molecular weight is 500 g/mol. The highest BCUT2D eigenvalue weighted by molar-refractivity contribution is 14.0. The SMILES string of the molecule is CN=C(NCC1CCN(c2cccc(OC)c2)C1)N1CCC(CC(C)C)C1.I. The third-order valence-corrected chi connectivity index (χ3v) is 5.86. The van der Waals surface area contributed by atoms with Crippen molar-refractivity contribution in [1.82, 2.24) is 10.2 Å². The zero-order chi connectivity index (χ0) is 19.2. The van der Waals surface area contributed by atoms with Gasteiger partial charge in [-0.05, 0) is 49.1 Å². The minimum Gasteiger partial charge on any atom is -0.497 e. The van der Waals surface area contributed by atoms with Crippen LogP contribution in [0, 0.1) is 17.8 Å². The van der Waals surface area contributed by atoms with E-state index in [4.69, 9.17) is 4.74 Å². The van der Waals surface area contributed by atoms with E-state index in [2.05, 4.69) is 52.2 Å². The van der Waals surface area contributed by atoms with Crippen molar-refractivity contribution in [3.05, 3.63) is 24.3 Å². The number of hydrogen-bond donors (Lipinski definition) is 1. The van der Waals surface area contributed by atoms with E-state index >= 15 is 0 Å². The number of rotatable bonds is 6. The number of ether oxygens (including phenoxy) is 1. The third-order valence-electron chi connectivity index (χ3n) is 5.86. The lowest BCUT2D eigenvalue weighted by Crippen LogP contribution is -2.42. The van der Waals surface area contributed by atoms with Crippen LogP contribution in [0.5, 0.6) is 5.75 Å². The number of hydrogen-bond acceptors (Lipinski definition) is 3. The Morgan fingerprint density at radius 3 is 2.71 bits per heavy atom. The standard InChI is InChI=1S/C22H36N4O.HI/c1-17(2)12-18-8-11-26(15-18)22(23-3)24-14-19-9-10-25(16-19)20-6-5-7-21(13-20)27-4;/h5-7,13,17-19H,8-12,14-16H2,1-4H3,(H,23,24);1H. The maximum Gasteiger partial charge on any atom is 0.193 e. The molecular weight excluding hydrogens is 463 g/mol. The van der Waals surface area contributed by atoms with Gasteiger partial charge in [0.25, 0.3) is 0 Å². The number of likely N-dealkylation sites (tertiary alicyclic amines) is 1. The molecule has 2 aliphatic rings. The van der Waals surface area contributed by atoms with Crippen LogP contribution in [0.4, 0.5) is 5.69 Å². The Morgan fingerprint density at radius 2 is 2.00 bits per heavy atom. The molecule has 2 fully saturated rings. The van der Waals surface area contributed by atoms with Gasteiger partial charge in [0.1, 0.15) is 5.75 Å². The Bertz CT molecular complexity index is 637. The summed E-state index contributed by atoms with van der Waals surface area (Å²) in [4.78, 5) is 9.46. The molecule has 1 aromatic rings. The van der Waals surface area contributed by atoms with Gasteiger partial charge < -0.3 is 19.9 Å². The fourth-order valence-electron chi connectivity index (χ4n) is 4.49. The van der Waals surface area contributed by atoms with Gasteiger partial charge in [-0.25, -0.2) is 0 Å². The number of aliphatic imine (C=N–C) groups is 1. The van der Waals surface area contributed by atoms with E-state index in [1.807, 2.05) is 13.1 Å². The van der Waals surface area contributed by atoms with Crippen LogP contribution in [0.25, 0.3) is 0 Å². The average Bonchev–Trinajstić information content (AvgIpc) is 3.32. The Balaban J connectivity index is 0.00000280. The van der Waals surface area contributed by atoms with Gasteiger partial charge in [0.15, 0.2) is 5.96 Å². The van der Waals surface area contributed by atoms with Gasteiger partial charge in [0, 0.05) is 51.5 Å². The van der Waals surface area contributed by atoms with Crippen LogP contribution in [0.2, 0.25) is 0 Å². The number of nitrogens with one attached hydrogen (secondary N) is 1. The zero-order valence-electron chi connectivity index (χ0n) is 17.9. The molecule has 0 spiro atoms. The molecule has 2 aliphatic heterocycles. The van der Waals surface area contributed by atoms with E-state index in [1.54, 1.807) is 7.11 Å². The number of benzene rings is 1. The summed E-state index contributed by atoms with van der Waals surface area (Å²) in [6.07, 6.45) is 3.84. The fraction of sp³-hybridized carbons (Fsp3) is 0.682. The highest BCUT2D eigenvalue weighted by Gasteiger charge is 2.27. The van der Waals surface area contributed by atoms with E-state index in [9.17, 15) is 0 Å². The smallest absolute Gasteiger partial charge is 0.193 e. The first-order valence-electron chi connectivity index (χ1n) is 10.4. The topological polar surface area (TPSA) is 40.1 Å². The van der Waals surface area contributed by atoms with Gasteiger partial charge in [-0.3, -0.25) is 4.99 Å². The summed E-state index contributed by atoms with van der Waals surface area (Å²) in [6.45, 7) is 10.1. The first-order chi connectivity index (χ1) is 13.1. The Morgan fingerprint density at radius 1 is 1.21 bits per heavy atom. The first kappa shape index (κ1) is 23.1. The molecule has 158 valence electrons. The molecule has 1 N–H and O–H groups in total. The highest BCUT2D eigenvalue weighted by atomic mass is 127. The number of halogens is 1. The van der Waals surface area contributed by atoms with Gasteiger partial charge in [0.05, 0.1) is 7.11 Å². The van der Waals surface area contributed by atoms with Crippen LogP contribution in [0.1, 0.15) is 33.1 Å². The third kappa shape index (κ3) is 6.16. The maximum absolute atomic E-state index is 5.36. The van der Waals surface area contributed by atoms with Gasteiger partial charge >= 0.3 is 0 Å². The molecule has 0 saturated carbocycles. The van der Waals surface area contributed by atoms with Crippen molar-refractivity contribution in [3.63, 3.8) is 0 Å². The molecule has 1 aromatic carbocycles. The van der Waals surface area contributed by atoms with E-state index < -0.39 is 0 Å². The predicted octanol–water partition coefficient (Wildman–Crippen LogP) is 4.08. The summed E-state index contributed by atoms with van der Waals surface area (Å²) in [6, 6.07) is 8.39. The van der Waals surface area contributed by atoms with Crippen molar-refractivity contribution >= 4 is 35.6 Å². The molecule has 3 rings (SSSR count). The van der Waals surface area contributed by atoms with Gasteiger partial charge in [-0.1, -0.05) is 19.9 Å². The van der Waals surface area contributed by atoms with Crippen LogP contribution in [-0.4, -0.2) is 57.7 Å². The second-order valence-corrected chi connectivity index (χ2v) is 8.46. The van der Waals surface area contributed by atoms with Gasteiger partial charge in [-0.2, -0.15) is 0 Å². The summed E-state index contributed by atoms with van der Waals surface area (Å²) in [5, 5.41) is 3.65. The normalized spacial score (nSPS) is 22.5. The Hall–Kier alpha value is -1.18. The van der Waals surface area contributed by atoms with E-state index in [1.165, 1.54) is 24.9 Å². The van der Waals surface area contributed by atoms with E-state index in [0.29, 0.717) is 5.92 Å². The van der Waals surface area contributed by atoms with Gasteiger partial charge in [0.2, 0.25) is 0 Å². The largest absolute Gasteiger partial charge is 0.497 e. The van der Waals surface area contributed by atoms with E-state index in [0.717, 1.165) is 56.3 Å². The minimum absolute atomic E-state index is 0. The molecule has 0 bridgehead atoms. The second-order valence-electron chi connectivity index (χ2n) is 8.46. The number of anilines is 1. The van der Waals surface area contributed by atoms with Crippen LogP contribution in [-0.2, 0) is 0 Å². The maximum atomic E-state index is 5.36. The van der Waals surface area contributed by atoms with Gasteiger partial charge in [-0.15, -0.1) is 24.0 Å². The monoisotopic (exact) mass is 500 g/mol. The first-order valence-corrected chi connectivity index (χ1v) is 10.4. The number of guanidine groups is 1. The van der Waals surface area contributed by atoms with Crippen molar-refractivity contribution in [2.24, 2.45) is 22.7 Å². The Kier molecular flexibility index (Phi) is 9.18. The lowest BCUT2D eigenvalue weighted by atomic mass is 9.97. The molecule has 0 aliphatic carbocycles. The summed E-state index contributed by atoms with van der Waals surface area (Å²) in [5.74, 6) is 4.27. The molecule has 2 unspecified atom stereocenters. The molecule has 6 heteroatoms. The molecule has 0 amide bonds. The predicted molar refractivity (Wildman–Crippen MR) is 129 cm³/mol.